The van der Waals surface area contributed by atoms with E-state index < -0.39 is 23.9 Å². The zero-order chi connectivity index (χ0) is 19.6. The highest BCUT2D eigenvalue weighted by Gasteiger charge is 2.30. The zero-order valence-electron chi connectivity index (χ0n) is 14.6. The SMILES string of the molecule is COC(=O)c1ccc(C(=O)OC)c(NC(=O)C2Cc3cc(Cl)ccc3O2)c1. The van der Waals surface area contributed by atoms with Crippen molar-refractivity contribution in [2.24, 2.45) is 0 Å². The third-order valence-electron chi connectivity index (χ3n) is 4.09. The van der Waals surface area contributed by atoms with E-state index in [1.165, 1.54) is 32.4 Å². The molecule has 0 saturated heterocycles. The van der Waals surface area contributed by atoms with Crippen LogP contribution in [-0.2, 0) is 20.7 Å². The number of benzene rings is 2. The van der Waals surface area contributed by atoms with Crippen LogP contribution in [0.25, 0.3) is 0 Å². The van der Waals surface area contributed by atoms with Crippen LogP contribution in [0.1, 0.15) is 26.3 Å². The highest BCUT2D eigenvalue weighted by molar-refractivity contribution is 6.30. The lowest BCUT2D eigenvalue weighted by Gasteiger charge is -2.14. The summed E-state index contributed by atoms with van der Waals surface area (Å²) in [5, 5.41) is 3.18. The minimum absolute atomic E-state index is 0.108. The molecule has 1 aliphatic heterocycles. The van der Waals surface area contributed by atoms with Gasteiger partial charge in [-0.15, -0.1) is 0 Å². The standard InChI is InChI=1S/C19H16ClNO6/c1-25-18(23)10-3-5-13(19(24)26-2)14(8-10)21-17(22)16-9-11-7-12(20)4-6-15(11)27-16/h3-8,16H,9H2,1-2H3,(H,21,22). The van der Waals surface area contributed by atoms with Crippen molar-refractivity contribution in [3.63, 3.8) is 0 Å². The van der Waals surface area contributed by atoms with Crippen molar-refractivity contribution in [2.75, 3.05) is 19.5 Å². The molecule has 1 unspecified atom stereocenters. The first-order chi connectivity index (χ1) is 12.9. The van der Waals surface area contributed by atoms with Gasteiger partial charge < -0.3 is 19.5 Å². The molecular weight excluding hydrogens is 374 g/mol. The van der Waals surface area contributed by atoms with E-state index in [1.54, 1.807) is 18.2 Å². The van der Waals surface area contributed by atoms with Gasteiger partial charge in [-0.1, -0.05) is 11.6 Å². The van der Waals surface area contributed by atoms with Crippen molar-refractivity contribution in [3.8, 4) is 5.75 Å². The second-order valence-corrected chi connectivity index (χ2v) is 6.23. The van der Waals surface area contributed by atoms with E-state index in [0.29, 0.717) is 17.2 Å². The number of esters is 2. The van der Waals surface area contributed by atoms with Gasteiger partial charge in [0.2, 0.25) is 0 Å². The van der Waals surface area contributed by atoms with Crippen LogP contribution >= 0.6 is 11.6 Å². The monoisotopic (exact) mass is 389 g/mol. The van der Waals surface area contributed by atoms with E-state index >= 15 is 0 Å². The number of rotatable bonds is 4. The highest BCUT2D eigenvalue weighted by Crippen LogP contribution is 2.32. The first kappa shape index (κ1) is 18.7. The quantitative estimate of drug-likeness (QED) is 0.808. The number of methoxy groups -OCH3 is 2. The molecule has 0 radical (unpaired) electrons. The lowest BCUT2D eigenvalue weighted by atomic mass is 10.1. The Morgan fingerprint density at radius 1 is 1.07 bits per heavy atom. The molecule has 3 rings (SSSR count). The van der Waals surface area contributed by atoms with Crippen molar-refractivity contribution in [2.45, 2.75) is 12.5 Å². The van der Waals surface area contributed by atoms with Crippen LogP contribution in [0, 0.1) is 0 Å². The maximum atomic E-state index is 12.6. The van der Waals surface area contributed by atoms with Crippen LogP contribution in [0.4, 0.5) is 5.69 Å². The number of hydrogen-bond acceptors (Lipinski definition) is 6. The predicted octanol–water partition coefficient (Wildman–Crippen LogP) is 2.86. The molecule has 0 fully saturated rings. The number of hydrogen-bond donors (Lipinski definition) is 1. The minimum atomic E-state index is -0.786. The summed E-state index contributed by atoms with van der Waals surface area (Å²) in [6, 6.07) is 9.27. The van der Waals surface area contributed by atoms with E-state index in [4.69, 9.17) is 21.1 Å². The van der Waals surface area contributed by atoms with Crippen LogP contribution in [0.2, 0.25) is 5.02 Å². The van der Waals surface area contributed by atoms with Crippen LogP contribution < -0.4 is 10.1 Å². The van der Waals surface area contributed by atoms with Gasteiger partial charge >= 0.3 is 11.9 Å². The molecule has 1 amide bonds. The lowest BCUT2D eigenvalue weighted by molar-refractivity contribution is -0.122. The number of ether oxygens (including phenoxy) is 3. The third kappa shape index (κ3) is 3.88. The van der Waals surface area contributed by atoms with Gasteiger partial charge in [0.25, 0.3) is 5.91 Å². The fourth-order valence-electron chi connectivity index (χ4n) is 2.76. The van der Waals surface area contributed by atoms with Gasteiger partial charge in [-0.25, -0.2) is 9.59 Å². The van der Waals surface area contributed by atoms with Crippen molar-refractivity contribution < 1.29 is 28.6 Å². The molecule has 0 aromatic heterocycles. The predicted molar refractivity (Wildman–Crippen MR) is 97.3 cm³/mol. The first-order valence-corrected chi connectivity index (χ1v) is 8.37. The number of carbonyl (C=O) groups is 3. The van der Waals surface area contributed by atoms with E-state index in [-0.39, 0.29) is 16.8 Å². The van der Waals surface area contributed by atoms with E-state index in [1.807, 2.05) is 0 Å². The molecule has 1 N–H and O–H groups in total. The van der Waals surface area contributed by atoms with Gasteiger partial charge in [0.05, 0.1) is 31.0 Å². The summed E-state index contributed by atoms with van der Waals surface area (Å²) in [4.78, 5) is 36.4. The van der Waals surface area contributed by atoms with Crippen LogP contribution in [0.15, 0.2) is 36.4 Å². The molecular formula is C19H16ClNO6. The van der Waals surface area contributed by atoms with Gasteiger partial charge in [0, 0.05) is 11.4 Å². The normalized spacial score (nSPS) is 14.7. The van der Waals surface area contributed by atoms with Crippen LogP contribution in [-0.4, -0.2) is 38.2 Å². The molecule has 27 heavy (non-hydrogen) atoms. The van der Waals surface area contributed by atoms with Crippen molar-refractivity contribution in [3.05, 3.63) is 58.1 Å². The molecule has 1 aliphatic rings. The number of carbonyl (C=O) groups excluding carboxylic acids is 3. The maximum absolute atomic E-state index is 12.6. The fraction of sp³-hybridized carbons (Fsp3) is 0.211. The summed E-state index contributed by atoms with van der Waals surface area (Å²) in [5.41, 5.74) is 1.24. The Bertz CT molecular complexity index is 926. The Kier molecular flexibility index (Phi) is 5.32. The van der Waals surface area contributed by atoms with E-state index in [0.717, 1.165) is 5.56 Å². The molecule has 1 atom stereocenters. The summed E-state index contributed by atoms with van der Waals surface area (Å²) < 4.78 is 15.0. The fourth-order valence-corrected chi connectivity index (χ4v) is 2.95. The van der Waals surface area contributed by atoms with Crippen LogP contribution in [0.5, 0.6) is 5.75 Å². The molecule has 1 heterocycles. The molecule has 0 bridgehead atoms. The Balaban J connectivity index is 1.84. The molecule has 8 heteroatoms. The summed E-state index contributed by atoms with van der Waals surface area (Å²) in [6.07, 6.45) is -0.447. The number of nitrogens with one attached hydrogen (secondary N) is 1. The maximum Gasteiger partial charge on any atom is 0.339 e. The van der Waals surface area contributed by atoms with Crippen molar-refractivity contribution in [1.29, 1.82) is 0 Å². The van der Waals surface area contributed by atoms with Gasteiger partial charge in [0.15, 0.2) is 6.10 Å². The highest BCUT2D eigenvalue weighted by atomic mass is 35.5. The number of fused-ring (bicyclic) bond motifs is 1. The smallest absolute Gasteiger partial charge is 0.339 e. The van der Waals surface area contributed by atoms with Gasteiger partial charge in [-0.2, -0.15) is 0 Å². The first-order valence-electron chi connectivity index (χ1n) is 7.99. The molecule has 2 aromatic carbocycles. The van der Waals surface area contributed by atoms with E-state index in [2.05, 4.69) is 10.1 Å². The third-order valence-corrected chi connectivity index (χ3v) is 4.33. The number of amides is 1. The Hall–Kier alpha value is -3.06. The Labute approximate surface area is 160 Å². The number of anilines is 1. The molecule has 0 saturated carbocycles. The topological polar surface area (TPSA) is 90.9 Å². The molecule has 0 spiro atoms. The summed E-state index contributed by atoms with van der Waals surface area (Å²) >= 11 is 5.96. The average Bonchev–Trinajstić information content (AvgIpc) is 3.10. The second-order valence-electron chi connectivity index (χ2n) is 5.80. The molecule has 0 aliphatic carbocycles. The van der Waals surface area contributed by atoms with Gasteiger partial charge in [-0.3, -0.25) is 4.79 Å². The molecule has 2 aromatic rings. The summed E-state index contributed by atoms with van der Waals surface area (Å²) in [7, 11) is 2.46. The van der Waals surface area contributed by atoms with Crippen molar-refractivity contribution >= 4 is 35.1 Å². The summed E-state index contributed by atoms with van der Waals surface area (Å²) in [5.74, 6) is -1.13. The van der Waals surface area contributed by atoms with Crippen molar-refractivity contribution in [1.82, 2.24) is 0 Å². The Morgan fingerprint density at radius 2 is 1.81 bits per heavy atom. The number of halogens is 1. The van der Waals surface area contributed by atoms with Gasteiger partial charge in [-0.05, 0) is 42.0 Å². The average molecular weight is 390 g/mol. The van der Waals surface area contributed by atoms with Gasteiger partial charge in [0.1, 0.15) is 5.75 Å². The van der Waals surface area contributed by atoms with Crippen LogP contribution in [0.3, 0.4) is 0 Å². The lowest BCUT2D eigenvalue weighted by Crippen LogP contribution is -2.32. The largest absolute Gasteiger partial charge is 0.480 e. The molecule has 7 nitrogen and oxygen atoms in total. The minimum Gasteiger partial charge on any atom is -0.480 e. The second kappa shape index (κ2) is 7.67. The molecule has 140 valence electrons. The summed E-state index contributed by atoms with van der Waals surface area (Å²) in [6.45, 7) is 0. The van der Waals surface area contributed by atoms with E-state index in [9.17, 15) is 14.4 Å². The Morgan fingerprint density at radius 3 is 2.52 bits per heavy atom. The zero-order valence-corrected chi connectivity index (χ0v) is 15.3.